The van der Waals surface area contributed by atoms with Gasteiger partial charge in [0.1, 0.15) is 11.3 Å². The number of carboxylic acids is 1. The molecule has 94 valence electrons. The summed E-state index contributed by atoms with van der Waals surface area (Å²) in [4.78, 5) is 11.0. The van der Waals surface area contributed by atoms with Gasteiger partial charge < -0.3 is 21.3 Å². The maximum Gasteiger partial charge on any atom is 0.339 e. The van der Waals surface area contributed by atoms with E-state index in [1.807, 2.05) is 13.8 Å². The summed E-state index contributed by atoms with van der Waals surface area (Å²) >= 11 is 0. The molecule has 0 amide bonds. The minimum Gasteiger partial charge on any atom is -0.492 e. The van der Waals surface area contributed by atoms with Crippen LogP contribution in [0.3, 0.4) is 0 Å². The normalized spacial score (nSPS) is 11.2. The van der Waals surface area contributed by atoms with Gasteiger partial charge in [-0.1, -0.05) is 13.8 Å². The van der Waals surface area contributed by atoms with Gasteiger partial charge in [-0.3, -0.25) is 0 Å². The molecule has 1 rings (SSSR count). The van der Waals surface area contributed by atoms with Gasteiger partial charge in [0.2, 0.25) is 0 Å². The molecule has 0 spiro atoms. The number of nitrogen functional groups attached to an aromatic ring is 1. The fourth-order valence-electron chi connectivity index (χ4n) is 1.17. The fraction of sp³-hybridized carbons (Fsp3) is 0.417. The van der Waals surface area contributed by atoms with Crippen molar-refractivity contribution in [2.75, 3.05) is 18.9 Å². The van der Waals surface area contributed by atoms with Gasteiger partial charge in [-0.2, -0.15) is 0 Å². The summed E-state index contributed by atoms with van der Waals surface area (Å²) in [6.45, 7) is 4.72. The van der Waals surface area contributed by atoms with Crippen LogP contribution in [0.2, 0.25) is 0 Å². The van der Waals surface area contributed by atoms with Gasteiger partial charge in [0.25, 0.3) is 0 Å². The van der Waals surface area contributed by atoms with Crippen molar-refractivity contribution in [1.82, 2.24) is 0 Å². The number of anilines is 1. The van der Waals surface area contributed by atoms with E-state index in [1.54, 1.807) is 12.1 Å². The molecule has 1 aromatic carbocycles. The highest BCUT2D eigenvalue weighted by atomic mass is 16.5. The molecule has 5 N–H and O–H groups in total. The second-order valence-electron chi connectivity index (χ2n) is 4.72. The SMILES string of the molecule is CC(C)(CN)COc1ccc(N)cc1C(=O)O. The number of carboxylic acid groups (broad SMARTS) is 1. The highest BCUT2D eigenvalue weighted by molar-refractivity contribution is 5.92. The third-order valence-corrected chi connectivity index (χ3v) is 2.41. The van der Waals surface area contributed by atoms with Gasteiger partial charge in [-0.25, -0.2) is 4.79 Å². The molecular formula is C12H18N2O3. The highest BCUT2D eigenvalue weighted by Crippen LogP contribution is 2.24. The summed E-state index contributed by atoms with van der Waals surface area (Å²) in [5, 5.41) is 9.02. The summed E-state index contributed by atoms with van der Waals surface area (Å²) in [5.74, 6) is -0.744. The second kappa shape index (κ2) is 5.05. The Balaban J connectivity index is 2.88. The van der Waals surface area contributed by atoms with Crippen molar-refractivity contribution >= 4 is 11.7 Å². The van der Waals surface area contributed by atoms with E-state index in [0.29, 0.717) is 24.6 Å². The number of aromatic carboxylic acids is 1. The van der Waals surface area contributed by atoms with E-state index in [9.17, 15) is 4.79 Å². The van der Waals surface area contributed by atoms with E-state index in [0.717, 1.165) is 0 Å². The molecule has 0 aliphatic rings. The summed E-state index contributed by atoms with van der Waals surface area (Å²) in [6, 6.07) is 4.55. The number of rotatable bonds is 5. The number of carbonyl (C=O) groups is 1. The molecule has 1 aromatic rings. The van der Waals surface area contributed by atoms with Crippen molar-refractivity contribution in [2.24, 2.45) is 11.1 Å². The predicted octanol–water partition coefficient (Wildman–Crippen LogP) is 1.33. The largest absolute Gasteiger partial charge is 0.492 e. The number of benzene rings is 1. The smallest absolute Gasteiger partial charge is 0.339 e. The second-order valence-corrected chi connectivity index (χ2v) is 4.72. The molecule has 0 radical (unpaired) electrons. The van der Waals surface area contributed by atoms with Crippen LogP contribution in [0.15, 0.2) is 18.2 Å². The van der Waals surface area contributed by atoms with Crippen molar-refractivity contribution in [3.63, 3.8) is 0 Å². The molecule has 17 heavy (non-hydrogen) atoms. The van der Waals surface area contributed by atoms with Crippen LogP contribution in [0, 0.1) is 5.41 Å². The van der Waals surface area contributed by atoms with E-state index in [-0.39, 0.29) is 11.0 Å². The average Bonchev–Trinajstić information content (AvgIpc) is 2.27. The highest BCUT2D eigenvalue weighted by Gasteiger charge is 2.19. The molecule has 0 aliphatic carbocycles. The number of hydrogen-bond acceptors (Lipinski definition) is 4. The summed E-state index contributed by atoms with van der Waals surface area (Å²) in [5.41, 5.74) is 11.4. The molecule has 0 atom stereocenters. The number of hydrogen-bond donors (Lipinski definition) is 3. The Morgan fingerprint density at radius 3 is 2.65 bits per heavy atom. The minimum absolute atomic E-state index is 0.0674. The first kappa shape index (κ1) is 13.3. The Morgan fingerprint density at radius 1 is 1.47 bits per heavy atom. The van der Waals surface area contributed by atoms with Crippen LogP contribution in [0.4, 0.5) is 5.69 Å². The summed E-state index contributed by atoms with van der Waals surface area (Å²) in [6.07, 6.45) is 0. The molecule has 0 unspecified atom stereocenters. The lowest BCUT2D eigenvalue weighted by Crippen LogP contribution is -2.30. The predicted molar refractivity (Wildman–Crippen MR) is 66.1 cm³/mol. The van der Waals surface area contributed by atoms with Gasteiger partial charge in [0.05, 0.1) is 6.61 Å². The Morgan fingerprint density at radius 2 is 2.12 bits per heavy atom. The van der Waals surface area contributed by atoms with E-state index < -0.39 is 5.97 Å². The number of nitrogens with two attached hydrogens (primary N) is 2. The third kappa shape index (κ3) is 3.64. The molecule has 0 aromatic heterocycles. The maximum atomic E-state index is 11.0. The Hall–Kier alpha value is -1.75. The molecule has 0 heterocycles. The van der Waals surface area contributed by atoms with Crippen molar-refractivity contribution in [3.05, 3.63) is 23.8 Å². The molecule has 5 heteroatoms. The van der Waals surface area contributed by atoms with Crippen LogP contribution in [0.5, 0.6) is 5.75 Å². The average molecular weight is 238 g/mol. The van der Waals surface area contributed by atoms with Gasteiger partial charge >= 0.3 is 5.97 Å². The van der Waals surface area contributed by atoms with Gasteiger partial charge in [0.15, 0.2) is 0 Å². The lowest BCUT2D eigenvalue weighted by Gasteiger charge is -2.23. The first-order valence-electron chi connectivity index (χ1n) is 5.31. The van der Waals surface area contributed by atoms with E-state index in [4.69, 9.17) is 21.3 Å². The van der Waals surface area contributed by atoms with Crippen LogP contribution in [0.25, 0.3) is 0 Å². The molecule has 0 bridgehead atoms. The quantitative estimate of drug-likeness (QED) is 0.672. The third-order valence-electron chi connectivity index (χ3n) is 2.41. The Labute approximate surface area is 100 Å². The van der Waals surface area contributed by atoms with Crippen LogP contribution >= 0.6 is 0 Å². The van der Waals surface area contributed by atoms with Crippen molar-refractivity contribution < 1.29 is 14.6 Å². The minimum atomic E-state index is -1.06. The zero-order chi connectivity index (χ0) is 13.1. The van der Waals surface area contributed by atoms with Crippen molar-refractivity contribution in [2.45, 2.75) is 13.8 Å². The van der Waals surface area contributed by atoms with Crippen LogP contribution < -0.4 is 16.2 Å². The number of ether oxygens (including phenoxy) is 1. The molecule has 0 saturated carbocycles. The Bertz CT molecular complexity index is 416. The standard InChI is InChI=1S/C12H18N2O3/c1-12(2,6-13)7-17-10-4-3-8(14)5-9(10)11(15)16/h3-5H,6-7,13-14H2,1-2H3,(H,15,16). The first-order chi connectivity index (χ1) is 7.85. The summed E-state index contributed by atoms with van der Waals surface area (Å²) in [7, 11) is 0. The Kier molecular flexibility index (Phi) is 3.96. The van der Waals surface area contributed by atoms with E-state index in [1.165, 1.54) is 6.07 Å². The molecular weight excluding hydrogens is 220 g/mol. The van der Waals surface area contributed by atoms with E-state index >= 15 is 0 Å². The topological polar surface area (TPSA) is 98.6 Å². The van der Waals surface area contributed by atoms with E-state index in [2.05, 4.69) is 0 Å². The zero-order valence-corrected chi connectivity index (χ0v) is 10.1. The fourth-order valence-corrected chi connectivity index (χ4v) is 1.17. The monoisotopic (exact) mass is 238 g/mol. The maximum absolute atomic E-state index is 11.0. The van der Waals surface area contributed by atoms with Gasteiger partial charge in [-0.05, 0) is 18.2 Å². The van der Waals surface area contributed by atoms with Crippen LogP contribution in [0.1, 0.15) is 24.2 Å². The molecule has 0 fully saturated rings. The van der Waals surface area contributed by atoms with Gasteiger partial charge in [-0.15, -0.1) is 0 Å². The van der Waals surface area contributed by atoms with Crippen LogP contribution in [-0.2, 0) is 0 Å². The first-order valence-corrected chi connectivity index (χ1v) is 5.31. The lowest BCUT2D eigenvalue weighted by atomic mass is 9.95. The van der Waals surface area contributed by atoms with Crippen molar-refractivity contribution in [1.29, 1.82) is 0 Å². The van der Waals surface area contributed by atoms with Crippen LogP contribution in [-0.4, -0.2) is 24.2 Å². The lowest BCUT2D eigenvalue weighted by molar-refractivity contribution is 0.0689. The molecule has 0 aliphatic heterocycles. The zero-order valence-electron chi connectivity index (χ0n) is 10.1. The molecule has 0 saturated heterocycles. The molecule has 5 nitrogen and oxygen atoms in total. The van der Waals surface area contributed by atoms with Gasteiger partial charge in [0, 0.05) is 17.6 Å². The summed E-state index contributed by atoms with van der Waals surface area (Å²) < 4.78 is 5.49. The van der Waals surface area contributed by atoms with Crippen molar-refractivity contribution in [3.8, 4) is 5.75 Å².